The lowest BCUT2D eigenvalue weighted by molar-refractivity contribution is 0.102. The fraction of sp³-hybridized carbons (Fsp3) is 0.200. The van der Waals surface area contributed by atoms with E-state index >= 15 is 0 Å². The highest BCUT2D eigenvalue weighted by molar-refractivity contribution is 6.35. The fourth-order valence-electron chi connectivity index (χ4n) is 2.11. The van der Waals surface area contributed by atoms with Crippen LogP contribution in [0.3, 0.4) is 0 Å². The van der Waals surface area contributed by atoms with Crippen molar-refractivity contribution in [3.05, 3.63) is 57.6 Å². The fourth-order valence-corrected chi connectivity index (χ4v) is 2.63. The number of aromatic nitrogens is 5. The summed E-state index contributed by atoms with van der Waals surface area (Å²) in [4.78, 5) is 16.2. The van der Waals surface area contributed by atoms with Crippen LogP contribution in [0.5, 0.6) is 0 Å². The zero-order valence-electron chi connectivity index (χ0n) is 13.0. The van der Waals surface area contributed by atoms with E-state index in [1.165, 1.54) is 6.33 Å². The second kappa shape index (κ2) is 6.62. The largest absolute Gasteiger partial charge is 0.288 e. The van der Waals surface area contributed by atoms with E-state index in [0.29, 0.717) is 22.3 Å². The summed E-state index contributed by atoms with van der Waals surface area (Å²) in [5, 5.41) is 12.0. The van der Waals surface area contributed by atoms with E-state index in [-0.39, 0.29) is 11.9 Å². The van der Waals surface area contributed by atoms with Crippen LogP contribution < -0.4 is 5.32 Å². The maximum Gasteiger partial charge on any atom is 0.278 e. The van der Waals surface area contributed by atoms with Crippen molar-refractivity contribution in [1.82, 2.24) is 24.5 Å². The van der Waals surface area contributed by atoms with Crippen LogP contribution >= 0.6 is 23.2 Å². The minimum absolute atomic E-state index is 0.187. The first-order valence-electron chi connectivity index (χ1n) is 7.08. The molecule has 2 aromatic heterocycles. The SMILES string of the molecule is Cc1cc(C(=O)Nc2ncn(Cc3c(Cl)cccc3Cl)n2)nn1C. The number of rotatable bonds is 4. The second-order valence-corrected chi connectivity index (χ2v) is 6.03. The Morgan fingerprint density at radius 1 is 1.25 bits per heavy atom. The molecular formula is C15H14Cl2N6O. The number of nitrogens with one attached hydrogen (secondary N) is 1. The minimum atomic E-state index is -0.368. The van der Waals surface area contributed by atoms with Crippen LogP contribution in [-0.4, -0.2) is 30.5 Å². The van der Waals surface area contributed by atoms with Crippen LogP contribution in [0.4, 0.5) is 5.95 Å². The molecule has 24 heavy (non-hydrogen) atoms. The van der Waals surface area contributed by atoms with Gasteiger partial charge < -0.3 is 0 Å². The second-order valence-electron chi connectivity index (χ2n) is 5.21. The topological polar surface area (TPSA) is 77.6 Å². The highest BCUT2D eigenvalue weighted by Crippen LogP contribution is 2.24. The molecule has 9 heteroatoms. The third-order valence-electron chi connectivity index (χ3n) is 3.49. The Morgan fingerprint density at radius 2 is 1.96 bits per heavy atom. The zero-order chi connectivity index (χ0) is 17.3. The molecule has 0 aliphatic carbocycles. The van der Waals surface area contributed by atoms with Gasteiger partial charge in [0.25, 0.3) is 5.91 Å². The van der Waals surface area contributed by atoms with Crippen molar-refractivity contribution in [1.29, 1.82) is 0 Å². The molecule has 2 heterocycles. The lowest BCUT2D eigenvalue weighted by atomic mass is 10.2. The van der Waals surface area contributed by atoms with Crippen LogP contribution in [-0.2, 0) is 13.6 Å². The molecule has 0 saturated heterocycles. The number of aryl methyl sites for hydroxylation is 2. The van der Waals surface area contributed by atoms with Crippen molar-refractivity contribution in [3.63, 3.8) is 0 Å². The highest BCUT2D eigenvalue weighted by atomic mass is 35.5. The molecule has 3 rings (SSSR count). The average molecular weight is 365 g/mol. The van der Waals surface area contributed by atoms with Gasteiger partial charge in [0.15, 0.2) is 5.69 Å². The van der Waals surface area contributed by atoms with Crippen molar-refractivity contribution in [3.8, 4) is 0 Å². The van der Waals surface area contributed by atoms with Crippen LogP contribution in [0.25, 0.3) is 0 Å². The van der Waals surface area contributed by atoms with Crippen LogP contribution in [0, 0.1) is 6.92 Å². The monoisotopic (exact) mass is 364 g/mol. The van der Waals surface area contributed by atoms with Gasteiger partial charge in [-0.25, -0.2) is 9.67 Å². The van der Waals surface area contributed by atoms with Gasteiger partial charge in [-0.05, 0) is 25.1 Å². The number of nitrogens with zero attached hydrogens (tertiary/aromatic N) is 5. The van der Waals surface area contributed by atoms with Gasteiger partial charge in [0, 0.05) is 28.4 Å². The molecule has 1 N–H and O–H groups in total. The number of carbonyl (C=O) groups is 1. The first-order valence-corrected chi connectivity index (χ1v) is 7.84. The lowest BCUT2D eigenvalue weighted by Gasteiger charge is -2.06. The summed E-state index contributed by atoms with van der Waals surface area (Å²) in [6.45, 7) is 2.22. The van der Waals surface area contributed by atoms with E-state index in [9.17, 15) is 4.79 Å². The summed E-state index contributed by atoms with van der Waals surface area (Å²) in [6.07, 6.45) is 1.50. The summed E-state index contributed by atoms with van der Waals surface area (Å²) >= 11 is 12.3. The molecule has 124 valence electrons. The quantitative estimate of drug-likeness (QED) is 0.771. The Bertz CT molecular complexity index is 862. The Labute approximate surface area is 148 Å². The number of halogens is 2. The van der Waals surface area contributed by atoms with Gasteiger partial charge in [0.1, 0.15) is 6.33 Å². The molecule has 0 unspecified atom stereocenters. The normalized spacial score (nSPS) is 10.8. The van der Waals surface area contributed by atoms with E-state index < -0.39 is 0 Å². The average Bonchev–Trinajstić information content (AvgIpc) is 3.10. The van der Waals surface area contributed by atoms with E-state index in [2.05, 4.69) is 20.5 Å². The Kier molecular flexibility index (Phi) is 4.55. The molecular weight excluding hydrogens is 351 g/mol. The van der Waals surface area contributed by atoms with Crippen LogP contribution in [0.1, 0.15) is 21.7 Å². The number of hydrogen-bond acceptors (Lipinski definition) is 4. The number of anilines is 1. The minimum Gasteiger partial charge on any atom is -0.288 e. The van der Waals surface area contributed by atoms with Gasteiger partial charge in [0.2, 0.25) is 5.95 Å². The molecule has 0 bridgehead atoms. The molecule has 0 atom stereocenters. The maximum atomic E-state index is 12.1. The van der Waals surface area contributed by atoms with Gasteiger partial charge in [-0.15, -0.1) is 5.10 Å². The molecule has 1 amide bonds. The number of carbonyl (C=O) groups excluding carboxylic acids is 1. The first kappa shape index (κ1) is 16.5. The Morgan fingerprint density at radius 3 is 2.58 bits per heavy atom. The van der Waals surface area contributed by atoms with Gasteiger partial charge in [-0.2, -0.15) is 5.10 Å². The predicted octanol–water partition coefficient (Wildman–Crippen LogP) is 2.93. The van der Waals surface area contributed by atoms with Crippen LogP contribution in [0.15, 0.2) is 30.6 Å². The predicted molar refractivity (Wildman–Crippen MR) is 91.5 cm³/mol. The van der Waals surface area contributed by atoms with E-state index in [4.69, 9.17) is 23.2 Å². The van der Waals surface area contributed by atoms with Gasteiger partial charge >= 0.3 is 0 Å². The summed E-state index contributed by atoms with van der Waals surface area (Å²) in [7, 11) is 1.77. The number of benzene rings is 1. The third-order valence-corrected chi connectivity index (χ3v) is 4.20. The molecule has 0 saturated carbocycles. The summed E-state index contributed by atoms with van der Waals surface area (Å²) < 4.78 is 3.17. The molecule has 0 aliphatic heterocycles. The highest BCUT2D eigenvalue weighted by Gasteiger charge is 2.14. The molecule has 0 radical (unpaired) electrons. The standard InChI is InChI=1S/C15H14Cl2N6O/c1-9-6-13(20-22(9)2)14(24)19-15-18-8-23(21-15)7-10-11(16)4-3-5-12(10)17/h3-6,8H,7H2,1-2H3,(H,19,21,24). The molecule has 1 aromatic carbocycles. The zero-order valence-corrected chi connectivity index (χ0v) is 14.5. The molecule has 0 fully saturated rings. The van der Waals surface area contributed by atoms with Gasteiger partial charge in [0.05, 0.1) is 6.54 Å². The smallest absolute Gasteiger partial charge is 0.278 e. The van der Waals surface area contributed by atoms with Crippen molar-refractivity contribution in [2.45, 2.75) is 13.5 Å². The summed E-state index contributed by atoms with van der Waals surface area (Å²) in [5.41, 5.74) is 1.93. The van der Waals surface area contributed by atoms with Gasteiger partial charge in [-0.1, -0.05) is 29.3 Å². The van der Waals surface area contributed by atoms with E-state index in [0.717, 1.165) is 11.3 Å². The Balaban J connectivity index is 1.73. The lowest BCUT2D eigenvalue weighted by Crippen LogP contribution is -2.14. The Hall–Kier alpha value is -2.38. The molecule has 0 spiro atoms. The van der Waals surface area contributed by atoms with Crippen molar-refractivity contribution < 1.29 is 4.79 Å². The van der Waals surface area contributed by atoms with Crippen LogP contribution in [0.2, 0.25) is 10.0 Å². The molecule has 0 aliphatic rings. The molecule has 3 aromatic rings. The molecule has 7 nitrogen and oxygen atoms in total. The van der Waals surface area contributed by atoms with E-state index in [1.807, 2.05) is 6.92 Å². The number of amides is 1. The third kappa shape index (κ3) is 3.42. The summed E-state index contributed by atoms with van der Waals surface area (Å²) in [5.74, 6) is -0.182. The summed E-state index contributed by atoms with van der Waals surface area (Å²) in [6, 6.07) is 6.98. The van der Waals surface area contributed by atoms with Crippen molar-refractivity contribution in [2.24, 2.45) is 7.05 Å². The van der Waals surface area contributed by atoms with Crippen molar-refractivity contribution >= 4 is 35.1 Å². The maximum absolute atomic E-state index is 12.1. The van der Waals surface area contributed by atoms with Crippen molar-refractivity contribution in [2.75, 3.05) is 5.32 Å². The first-order chi connectivity index (χ1) is 11.4. The number of hydrogen-bond donors (Lipinski definition) is 1. The van der Waals surface area contributed by atoms with Gasteiger partial charge in [-0.3, -0.25) is 14.8 Å². The van der Waals surface area contributed by atoms with E-state index in [1.54, 1.807) is 40.7 Å².